The van der Waals surface area contributed by atoms with Crippen LogP contribution in [0.1, 0.15) is 32.9 Å². The molecule has 4 aromatic rings. The van der Waals surface area contributed by atoms with Crippen molar-refractivity contribution in [3.8, 4) is 6.07 Å². The number of amides is 1. The zero-order valence-electron chi connectivity index (χ0n) is 15.5. The number of carbonyl (C=O) groups is 2. The number of pyridine rings is 1. The van der Waals surface area contributed by atoms with Gasteiger partial charge in [0.05, 0.1) is 28.4 Å². The van der Waals surface area contributed by atoms with Crippen LogP contribution in [-0.4, -0.2) is 20.5 Å². The van der Waals surface area contributed by atoms with Crippen molar-refractivity contribution in [1.29, 1.82) is 5.26 Å². The van der Waals surface area contributed by atoms with Crippen molar-refractivity contribution in [3.05, 3.63) is 88.9 Å². The van der Waals surface area contributed by atoms with Crippen molar-refractivity contribution in [2.24, 2.45) is 0 Å². The van der Waals surface area contributed by atoms with E-state index in [4.69, 9.17) is 5.26 Å². The highest BCUT2D eigenvalue weighted by Crippen LogP contribution is 2.22. The minimum Gasteiger partial charge on any atom is -0.320 e. The summed E-state index contributed by atoms with van der Waals surface area (Å²) in [7, 11) is 0. The third kappa shape index (κ3) is 3.79. The molecule has 0 spiro atoms. The lowest BCUT2D eigenvalue weighted by Gasteiger charge is -2.03. The molecule has 0 fully saturated rings. The van der Waals surface area contributed by atoms with Gasteiger partial charge in [0.1, 0.15) is 5.00 Å². The summed E-state index contributed by atoms with van der Waals surface area (Å²) in [6.07, 6.45) is 2.39. The number of hydrogen-bond donors (Lipinski definition) is 1. The molecule has 0 aliphatic rings. The molecule has 0 saturated heterocycles. The lowest BCUT2D eigenvalue weighted by Crippen LogP contribution is -2.22. The van der Waals surface area contributed by atoms with Crippen LogP contribution in [-0.2, 0) is 11.2 Å². The number of rotatable bonds is 5. The molecule has 0 aliphatic carbocycles. The lowest BCUT2D eigenvalue weighted by molar-refractivity contribution is -0.112. The van der Waals surface area contributed by atoms with E-state index in [9.17, 15) is 9.59 Å². The molecule has 0 unspecified atom stereocenters. The number of carbonyl (C=O) groups excluding carboxylic acids is 2. The van der Waals surface area contributed by atoms with Crippen LogP contribution >= 0.6 is 11.5 Å². The summed E-state index contributed by atoms with van der Waals surface area (Å²) in [4.78, 5) is 25.3. The number of ketones is 1. The van der Waals surface area contributed by atoms with Crippen LogP contribution in [0, 0.1) is 18.3 Å². The molecule has 7 heteroatoms. The fourth-order valence-corrected chi connectivity index (χ4v) is 3.87. The van der Waals surface area contributed by atoms with Gasteiger partial charge in [-0.3, -0.25) is 9.59 Å². The molecular formula is C22H16N4O2S. The maximum atomic E-state index is 12.9. The molecule has 1 aromatic carbocycles. The van der Waals surface area contributed by atoms with Gasteiger partial charge in [0.25, 0.3) is 11.7 Å². The topological polar surface area (TPSA) is 87.3 Å². The normalized spacial score (nSPS) is 10.6. The van der Waals surface area contributed by atoms with E-state index < -0.39 is 11.7 Å². The van der Waals surface area contributed by atoms with Crippen molar-refractivity contribution < 1.29 is 9.59 Å². The predicted molar refractivity (Wildman–Crippen MR) is 111 cm³/mol. The summed E-state index contributed by atoms with van der Waals surface area (Å²) in [5.41, 5.74) is 4.19. The van der Waals surface area contributed by atoms with Crippen molar-refractivity contribution >= 4 is 33.7 Å². The highest BCUT2D eigenvalue weighted by atomic mass is 32.1. The largest absolute Gasteiger partial charge is 0.320 e. The van der Waals surface area contributed by atoms with E-state index >= 15 is 0 Å². The van der Waals surface area contributed by atoms with E-state index in [-0.39, 0.29) is 0 Å². The lowest BCUT2D eigenvalue weighted by atomic mass is 10.1. The number of hydrogen-bond acceptors (Lipinski definition) is 5. The van der Waals surface area contributed by atoms with Crippen LogP contribution in [0.15, 0.2) is 60.8 Å². The average Bonchev–Trinajstić information content (AvgIpc) is 3.31. The highest BCUT2D eigenvalue weighted by Gasteiger charge is 2.22. The minimum atomic E-state index is -0.692. The quantitative estimate of drug-likeness (QED) is 0.405. The van der Waals surface area contributed by atoms with Gasteiger partial charge in [-0.1, -0.05) is 18.2 Å². The zero-order chi connectivity index (χ0) is 20.4. The number of nitriles is 1. The Labute approximate surface area is 171 Å². The number of fused-ring (bicyclic) bond motifs is 1. The molecule has 142 valence electrons. The molecule has 1 N–H and O–H groups in total. The second-order valence-electron chi connectivity index (χ2n) is 6.61. The molecule has 3 aromatic heterocycles. The van der Waals surface area contributed by atoms with Gasteiger partial charge in [-0.05, 0) is 60.4 Å². The average molecular weight is 400 g/mol. The zero-order valence-corrected chi connectivity index (χ0v) is 16.4. The first-order valence-electron chi connectivity index (χ1n) is 8.92. The Morgan fingerprint density at radius 1 is 1.17 bits per heavy atom. The molecule has 6 nitrogen and oxygen atoms in total. The molecule has 29 heavy (non-hydrogen) atoms. The number of Topliss-reactive ketones (excluding diaryl/α,β-unsaturated/α-hetero) is 1. The van der Waals surface area contributed by atoms with Crippen molar-refractivity contribution in [2.45, 2.75) is 13.3 Å². The number of aryl methyl sites for hydroxylation is 1. The first kappa shape index (κ1) is 18.6. The summed E-state index contributed by atoms with van der Waals surface area (Å²) in [6, 6.07) is 18.5. The van der Waals surface area contributed by atoms with Crippen LogP contribution in [0.2, 0.25) is 0 Å². The molecule has 3 heterocycles. The Kier molecular flexibility index (Phi) is 4.94. The Morgan fingerprint density at radius 3 is 2.79 bits per heavy atom. The predicted octanol–water partition coefficient (Wildman–Crippen LogP) is 3.99. The van der Waals surface area contributed by atoms with Gasteiger partial charge < -0.3 is 9.72 Å². The van der Waals surface area contributed by atoms with Gasteiger partial charge in [0.2, 0.25) is 0 Å². The maximum absolute atomic E-state index is 12.9. The summed E-state index contributed by atoms with van der Waals surface area (Å²) in [5.74, 6) is -1.29. The Balaban J connectivity index is 1.67. The molecule has 0 aliphatic heterocycles. The second-order valence-corrected chi connectivity index (χ2v) is 7.41. The van der Waals surface area contributed by atoms with Crippen LogP contribution in [0.25, 0.3) is 5.52 Å². The number of benzene rings is 1. The smallest absolute Gasteiger partial charge is 0.297 e. The SMILES string of the molecule is Cc1cc(NC(=O)C(=O)c2cc(Cc3cccc(C#N)c3)n3ccccc23)sn1. The number of nitrogens with one attached hydrogen (secondary N) is 1. The molecule has 0 radical (unpaired) electrons. The summed E-state index contributed by atoms with van der Waals surface area (Å²) < 4.78 is 6.00. The Morgan fingerprint density at radius 2 is 2.03 bits per heavy atom. The Bertz CT molecular complexity index is 1280. The number of anilines is 1. The van der Waals surface area contributed by atoms with E-state index in [0.29, 0.717) is 28.1 Å². The summed E-state index contributed by atoms with van der Waals surface area (Å²) >= 11 is 1.14. The fraction of sp³-hybridized carbons (Fsp3) is 0.0909. The highest BCUT2D eigenvalue weighted by molar-refractivity contribution is 7.10. The van der Waals surface area contributed by atoms with E-state index in [1.54, 1.807) is 18.2 Å². The first-order valence-corrected chi connectivity index (χ1v) is 9.69. The van der Waals surface area contributed by atoms with Crippen LogP contribution < -0.4 is 5.32 Å². The van der Waals surface area contributed by atoms with Gasteiger partial charge in [-0.25, -0.2) is 0 Å². The van der Waals surface area contributed by atoms with Crippen LogP contribution in [0.5, 0.6) is 0 Å². The van der Waals surface area contributed by atoms with Crippen molar-refractivity contribution in [3.63, 3.8) is 0 Å². The standard InChI is InChI=1S/C22H16N4O2S/c1-14-9-20(29-25-14)24-22(28)21(27)18-12-17(26-8-3-2-7-19(18)26)11-15-5-4-6-16(10-15)13-23/h2-10,12H,11H2,1H3,(H,24,28). The third-order valence-corrected chi connectivity index (χ3v) is 5.31. The van der Waals surface area contributed by atoms with E-state index in [1.165, 1.54) is 0 Å². The van der Waals surface area contributed by atoms with Gasteiger partial charge in [0, 0.05) is 18.3 Å². The molecular weight excluding hydrogens is 384 g/mol. The summed E-state index contributed by atoms with van der Waals surface area (Å²) in [6.45, 7) is 1.82. The first-order chi connectivity index (χ1) is 14.0. The monoisotopic (exact) mass is 400 g/mol. The van der Waals surface area contributed by atoms with E-state index in [2.05, 4.69) is 15.8 Å². The molecule has 0 bridgehead atoms. The number of aromatic nitrogens is 2. The second kappa shape index (κ2) is 7.70. The molecule has 0 saturated carbocycles. The van der Waals surface area contributed by atoms with Gasteiger partial charge in [-0.15, -0.1) is 0 Å². The van der Waals surface area contributed by atoms with Crippen LogP contribution in [0.3, 0.4) is 0 Å². The van der Waals surface area contributed by atoms with Gasteiger partial charge >= 0.3 is 0 Å². The van der Waals surface area contributed by atoms with Crippen molar-refractivity contribution in [1.82, 2.24) is 8.77 Å². The molecule has 0 atom stereocenters. The van der Waals surface area contributed by atoms with Gasteiger partial charge in [-0.2, -0.15) is 9.64 Å². The third-order valence-electron chi connectivity index (χ3n) is 4.51. The minimum absolute atomic E-state index is 0.343. The number of nitrogens with zero attached hydrogens (tertiary/aromatic N) is 3. The Hall–Kier alpha value is -3.76. The van der Waals surface area contributed by atoms with Crippen LogP contribution in [0.4, 0.5) is 5.00 Å². The summed E-state index contributed by atoms with van der Waals surface area (Å²) in [5, 5.41) is 12.3. The van der Waals surface area contributed by atoms with Gasteiger partial charge in [0.15, 0.2) is 0 Å². The molecule has 4 rings (SSSR count). The maximum Gasteiger partial charge on any atom is 0.297 e. The van der Waals surface area contributed by atoms with E-state index in [1.807, 2.05) is 53.9 Å². The van der Waals surface area contributed by atoms with E-state index in [0.717, 1.165) is 28.5 Å². The van der Waals surface area contributed by atoms with Crippen molar-refractivity contribution in [2.75, 3.05) is 5.32 Å². The molecule has 1 amide bonds. The fourth-order valence-electron chi connectivity index (χ4n) is 3.21.